The molecule has 5 atom stereocenters. The first-order chi connectivity index (χ1) is 14.7. The lowest BCUT2D eigenvalue weighted by Gasteiger charge is -2.34. The molecule has 7 nitrogen and oxygen atoms in total. The third kappa shape index (κ3) is 3.18. The summed E-state index contributed by atoms with van der Waals surface area (Å²) in [5.41, 5.74) is 2.63. The van der Waals surface area contributed by atoms with E-state index in [1.807, 2.05) is 39.0 Å². The number of aryl methyl sites for hydroxylation is 2. The van der Waals surface area contributed by atoms with Gasteiger partial charge in [0.05, 0.1) is 29.8 Å². The number of para-hydroxylation sites is 1. The van der Waals surface area contributed by atoms with Gasteiger partial charge >= 0.3 is 5.97 Å². The second kappa shape index (κ2) is 7.81. The van der Waals surface area contributed by atoms with Crippen molar-refractivity contribution in [3.8, 4) is 0 Å². The van der Waals surface area contributed by atoms with E-state index >= 15 is 0 Å². The number of fused-ring (bicyclic) bond motifs is 1. The van der Waals surface area contributed by atoms with Gasteiger partial charge in [0, 0.05) is 17.0 Å². The number of anilines is 1. The summed E-state index contributed by atoms with van der Waals surface area (Å²) in [6, 6.07) is 5.05. The molecule has 1 aromatic rings. The van der Waals surface area contributed by atoms with Crippen molar-refractivity contribution in [1.82, 2.24) is 4.90 Å². The van der Waals surface area contributed by atoms with Crippen LogP contribution in [-0.2, 0) is 19.1 Å². The number of carbonyl (C=O) groups is 3. The third-order valence-electron chi connectivity index (χ3n) is 7.14. The molecule has 0 aromatic heterocycles. The molecule has 1 spiro atoms. The smallest absolute Gasteiger partial charge is 0.311 e. The zero-order chi connectivity index (χ0) is 22.6. The number of hydrogen-bond donors (Lipinski definition) is 2. The zero-order valence-corrected chi connectivity index (χ0v) is 19.3. The fourth-order valence-corrected chi connectivity index (χ4v) is 8.21. The van der Waals surface area contributed by atoms with Crippen molar-refractivity contribution in [3.63, 3.8) is 0 Å². The number of esters is 1. The standard InChI is InChI=1S/C23H30N2O5S/c1-5-30-21(29)16-15-20(28)25(11-12-26)18(23(15)10-9-22(16,4)31-23)19(27)24-17-13(2)7-6-8-14(17)3/h6-8,15-16,18,26H,5,9-12H2,1-4H3,(H,24,27)/t15-,16-,18?,22+,23?/m0/s1. The molecule has 168 valence electrons. The van der Waals surface area contributed by atoms with Gasteiger partial charge in [-0.25, -0.2) is 0 Å². The maximum Gasteiger partial charge on any atom is 0.311 e. The van der Waals surface area contributed by atoms with Crippen LogP contribution in [0.3, 0.4) is 0 Å². The van der Waals surface area contributed by atoms with Gasteiger partial charge in [0.25, 0.3) is 0 Å². The largest absolute Gasteiger partial charge is 0.466 e. The van der Waals surface area contributed by atoms with Crippen molar-refractivity contribution >= 4 is 35.2 Å². The van der Waals surface area contributed by atoms with Crippen molar-refractivity contribution < 1.29 is 24.2 Å². The fraction of sp³-hybridized carbons (Fsp3) is 0.609. The fourth-order valence-electron chi connectivity index (χ4n) is 5.87. The molecule has 3 aliphatic rings. The molecule has 0 aliphatic carbocycles. The second-order valence-electron chi connectivity index (χ2n) is 8.99. The second-order valence-corrected chi connectivity index (χ2v) is 10.9. The molecule has 3 fully saturated rings. The first-order valence-electron chi connectivity index (χ1n) is 10.9. The van der Waals surface area contributed by atoms with E-state index in [4.69, 9.17) is 4.74 Å². The molecule has 2 amide bonds. The summed E-state index contributed by atoms with van der Waals surface area (Å²) < 4.78 is 4.21. The molecule has 8 heteroatoms. The van der Waals surface area contributed by atoms with Crippen molar-refractivity contribution in [2.24, 2.45) is 11.8 Å². The Morgan fingerprint density at radius 1 is 1.29 bits per heavy atom. The van der Waals surface area contributed by atoms with E-state index in [0.29, 0.717) is 6.42 Å². The summed E-state index contributed by atoms with van der Waals surface area (Å²) in [5, 5.41) is 12.7. The number of nitrogens with one attached hydrogen (secondary N) is 1. The number of β-amino-alcohol motifs (C(OH)–C–C–N with tert-alkyl or cyclic N) is 1. The Balaban J connectivity index is 1.74. The molecular formula is C23H30N2O5S. The SMILES string of the molecule is CCOC(=O)[C@@H]1[C@H]2C(=O)N(CCO)C(C(=O)Nc3c(C)cccc3C)C23CC[C@@]1(C)S3. The number of aliphatic hydroxyl groups is 1. The van der Waals surface area contributed by atoms with Crippen LogP contribution in [-0.4, -0.2) is 63.1 Å². The van der Waals surface area contributed by atoms with Crippen LogP contribution in [0.15, 0.2) is 18.2 Å². The van der Waals surface area contributed by atoms with Gasteiger partial charge in [0.15, 0.2) is 0 Å². The number of aliphatic hydroxyl groups excluding tert-OH is 1. The number of thioether (sulfide) groups is 1. The number of nitrogens with zero attached hydrogens (tertiary/aromatic N) is 1. The van der Waals surface area contributed by atoms with E-state index in [9.17, 15) is 19.5 Å². The molecule has 0 radical (unpaired) electrons. The molecule has 1 aromatic carbocycles. The summed E-state index contributed by atoms with van der Waals surface area (Å²) in [6.45, 7) is 7.71. The molecule has 2 N–H and O–H groups in total. The molecule has 4 rings (SSSR count). The average molecular weight is 447 g/mol. The predicted octanol–water partition coefficient (Wildman–Crippen LogP) is 2.28. The highest BCUT2D eigenvalue weighted by Crippen LogP contribution is 2.71. The van der Waals surface area contributed by atoms with Gasteiger partial charge in [-0.2, -0.15) is 0 Å². The molecule has 0 saturated carbocycles. The first kappa shape index (κ1) is 22.1. The Labute approximate surface area is 186 Å². The van der Waals surface area contributed by atoms with Crippen LogP contribution in [0, 0.1) is 25.7 Å². The van der Waals surface area contributed by atoms with Gasteiger partial charge in [-0.05, 0) is 51.7 Å². The first-order valence-corrected chi connectivity index (χ1v) is 11.7. The quantitative estimate of drug-likeness (QED) is 0.651. The van der Waals surface area contributed by atoms with Gasteiger partial charge in [-0.1, -0.05) is 18.2 Å². The van der Waals surface area contributed by atoms with E-state index in [2.05, 4.69) is 5.32 Å². The molecular weight excluding hydrogens is 416 g/mol. The maximum atomic E-state index is 13.7. The molecule has 2 unspecified atom stereocenters. The van der Waals surface area contributed by atoms with Gasteiger partial charge in [-0.15, -0.1) is 11.8 Å². The summed E-state index contributed by atoms with van der Waals surface area (Å²) in [5.74, 6) is -2.06. The Bertz CT molecular complexity index is 916. The zero-order valence-electron chi connectivity index (χ0n) is 18.4. The van der Waals surface area contributed by atoms with Crippen molar-refractivity contribution in [1.29, 1.82) is 0 Å². The summed E-state index contributed by atoms with van der Waals surface area (Å²) in [6.07, 6.45) is 1.41. The van der Waals surface area contributed by atoms with Crippen LogP contribution in [0.4, 0.5) is 5.69 Å². The Morgan fingerprint density at radius 3 is 2.58 bits per heavy atom. The summed E-state index contributed by atoms with van der Waals surface area (Å²) in [7, 11) is 0. The van der Waals surface area contributed by atoms with Crippen molar-refractivity contribution in [2.45, 2.75) is 56.1 Å². The molecule has 3 saturated heterocycles. The molecule has 3 aliphatic heterocycles. The van der Waals surface area contributed by atoms with E-state index in [-0.39, 0.29) is 37.5 Å². The third-order valence-corrected chi connectivity index (χ3v) is 9.12. The van der Waals surface area contributed by atoms with Crippen molar-refractivity contribution in [3.05, 3.63) is 29.3 Å². The molecule has 3 heterocycles. The van der Waals surface area contributed by atoms with Crippen molar-refractivity contribution in [2.75, 3.05) is 25.1 Å². The summed E-state index contributed by atoms with van der Waals surface area (Å²) in [4.78, 5) is 41.6. The normalized spacial score (nSPS) is 33.5. The van der Waals surface area contributed by atoms with Crippen LogP contribution < -0.4 is 5.32 Å². The lowest BCUT2D eigenvalue weighted by molar-refractivity contribution is -0.155. The molecule has 31 heavy (non-hydrogen) atoms. The number of ether oxygens (including phenoxy) is 1. The number of rotatable bonds is 6. The highest BCUT2D eigenvalue weighted by atomic mass is 32.2. The average Bonchev–Trinajstić information content (AvgIpc) is 3.27. The number of likely N-dealkylation sites (tertiary alicyclic amines) is 1. The lowest BCUT2D eigenvalue weighted by Crippen LogP contribution is -2.52. The van der Waals surface area contributed by atoms with E-state index in [1.54, 1.807) is 18.7 Å². The van der Waals surface area contributed by atoms with Crippen LogP contribution in [0.1, 0.15) is 37.8 Å². The molecule has 2 bridgehead atoms. The van der Waals surface area contributed by atoms with E-state index < -0.39 is 27.4 Å². The van der Waals surface area contributed by atoms with E-state index in [1.165, 1.54) is 4.90 Å². The van der Waals surface area contributed by atoms with Gasteiger partial charge in [0.2, 0.25) is 11.8 Å². The van der Waals surface area contributed by atoms with Gasteiger partial charge in [-0.3, -0.25) is 14.4 Å². The summed E-state index contributed by atoms with van der Waals surface area (Å²) >= 11 is 1.60. The number of benzene rings is 1. The highest BCUT2D eigenvalue weighted by molar-refractivity contribution is 8.02. The maximum absolute atomic E-state index is 13.7. The van der Waals surface area contributed by atoms with Gasteiger partial charge < -0.3 is 20.1 Å². The minimum atomic E-state index is -0.748. The van der Waals surface area contributed by atoms with Crippen LogP contribution in [0.2, 0.25) is 0 Å². The Hall–Kier alpha value is -2.06. The van der Waals surface area contributed by atoms with Crippen LogP contribution in [0.5, 0.6) is 0 Å². The minimum absolute atomic E-state index is 0.0642. The minimum Gasteiger partial charge on any atom is -0.466 e. The number of hydrogen-bond acceptors (Lipinski definition) is 6. The number of amides is 2. The van der Waals surface area contributed by atoms with Crippen LogP contribution in [0.25, 0.3) is 0 Å². The van der Waals surface area contributed by atoms with Gasteiger partial charge in [0.1, 0.15) is 6.04 Å². The van der Waals surface area contributed by atoms with Crippen LogP contribution >= 0.6 is 11.8 Å². The topological polar surface area (TPSA) is 95.9 Å². The van der Waals surface area contributed by atoms with E-state index in [0.717, 1.165) is 23.2 Å². The Kier molecular flexibility index (Phi) is 5.58. The monoisotopic (exact) mass is 446 g/mol. The predicted molar refractivity (Wildman–Crippen MR) is 119 cm³/mol. The number of carbonyl (C=O) groups excluding carboxylic acids is 3. The highest BCUT2D eigenvalue weighted by Gasteiger charge is 2.77. The lowest BCUT2D eigenvalue weighted by atomic mass is 9.66. The Morgan fingerprint density at radius 2 is 1.97 bits per heavy atom.